The van der Waals surface area contributed by atoms with Gasteiger partial charge in [-0.25, -0.2) is 0 Å². The van der Waals surface area contributed by atoms with Crippen molar-refractivity contribution < 1.29 is 19.4 Å². The molecular weight excluding hydrogens is 208 g/mol. The molecule has 0 saturated carbocycles. The number of ether oxygens (including phenoxy) is 2. The Balaban J connectivity index is 2.80. The molecule has 0 bridgehead atoms. The van der Waals surface area contributed by atoms with Crippen molar-refractivity contribution in [3.63, 3.8) is 0 Å². The van der Waals surface area contributed by atoms with E-state index < -0.39 is 17.5 Å². The number of hydrogen-bond acceptors (Lipinski definition) is 4. The number of allylic oxidation sites excluding steroid dienone is 1. The molecule has 4 nitrogen and oxygen atoms in total. The molecule has 1 unspecified atom stereocenters. The highest BCUT2D eigenvalue weighted by atomic mass is 16.7. The molecule has 1 rings (SSSR count). The summed E-state index contributed by atoms with van der Waals surface area (Å²) in [5, 5.41) is 9.42. The second-order valence-corrected chi connectivity index (χ2v) is 4.57. The molecule has 1 aliphatic rings. The molecule has 16 heavy (non-hydrogen) atoms. The highest BCUT2D eigenvalue weighted by Crippen LogP contribution is 2.31. The SMILES string of the molecule is CC(C)(O)C#CC1OC(=CC=O)C(C)(C)O1. The van der Waals surface area contributed by atoms with E-state index in [0.29, 0.717) is 12.0 Å². The number of carbonyl (C=O) groups excluding carboxylic acids is 1. The standard InChI is InChI=1S/C12H16O4/c1-11(2,14)7-5-10-15-9(6-8-13)12(3,4)16-10/h6,8,10,14H,1-4H3. The number of aldehydes is 1. The lowest BCUT2D eigenvalue weighted by molar-refractivity contribution is -0.104. The first kappa shape index (κ1) is 12.8. The van der Waals surface area contributed by atoms with Crippen LogP contribution in [0, 0.1) is 11.8 Å². The van der Waals surface area contributed by atoms with Crippen molar-refractivity contribution in [2.75, 3.05) is 0 Å². The van der Waals surface area contributed by atoms with Gasteiger partial charge in [-0.2, -0.15) is 0 Å². The van der Waals surface area contributed by atoms with Gasteiger partial charge >= 0.3 is 0 Å². The van der Waals surface area contributed by atoms with E-state index >= 15 is 0 Å². The lowest BCUT2D eigenvalue weighted by atomic mass is 10.1. The molecule has 1 fully saturated rings. The summed E-state index contributed by atoms with van der Waals surface area (Å²) in [6, 6.07) is 0. The fraction of sp³-hybridized carbons (Fsp3) is 0.583. The number of rotatable bonds is 1. The number of aliphatic hydroxyl groups is 1. The van der Waals surface area contributed by atoms with E-state index in [9.17, 15) is 9.90 Å². The summed E-state index contributed by atoms with van der Waals surface area (Å²) in [6.07, 6.45) is 1.21. The molecule has 1 N–H and O–H groups in total. The number of carbonyl (C=O) groups is 1. The molecule has 1 atom stereocenters. The molecule has 0 amide bonds. The first-order valence-electron chi connectivity index (χ1n) is 5.00. The third-order valence-corrected chi connectivity index (χ3v) is 1.94. The smallest absolute Gasteiger partial charge is 0.265 e. The fourth-order valence-corrected chi connectivity index (χ4v) is 1.20. The van der Waals surface area contributed by atoms with Crippen LogP contribution in [0.1, 0.15) is 27.7 Å². The zero-order chi connectivity index (χ0) is 12.4. The monoisotopic (exact) mass is 224 g/mol. The normalized spacial score (nSPS) is 25.8. The van der Waals surface area contributed by atoms with Gasteiger partial charge in [0.25, 0.3) is 6.29 Å². The third kappa shape index (κ3) is 3.37. The zero-order valence-electron chi connectivity index (χ0n) is 9.90. The first-order valence-corrected chi connectivity index (χ1v) is 5.00. The Morgan fingerprint density at radius 1 is 1.50 bits per heavy atom. The van der Waals surface area contributed by atoms with E-state index in [4.69, 9.17) is 9.47 Å². The quantitative estimate of drug-likeness (QED) is 0.410. The highest BCUT2D eigenvalue weighted by molar-refractivity contribution is 5.66. The van der Waals surface area contributed by atoms with Gasteiger partial charge in [0.2, 0.25) is 0 Å². The first-order chi connectivity index (χ1) is 7.24. The van der Waals surface area contributed by atoms with E-state index in [1.54, 1.807) is 27.7 Å². The van der Waals surface area contributed by atoms with Gasteiger partial charge in [0.15, 0.2) is 0 Å². The van der Waals surface area contributed by atoms with Gasteiger partial charge in [0.1, 0.15) is 23.2 Å². The summed E-state index contributed by atoms with van der Waals surface area (Å²) in [5.74, 6) is 5.71. The van der Waals surface area contributed by atoms with Crippen LogP contribution >= 0.6 is 0 Å². The molecule has 1 aliphatic heterocycles. The number of hydrogen-bond donors (Lipinski definition) is 1. The maximum absolute atomic E-state index is 10.4. The van der Waals surface area contributed by atoms with Crippen LogP contribution in [0.25, 0.3) is 0 Å². The maximum atomic E-state index is 10.4. The second kappa shape index (κ2) is 4.28. The van der Waals surface area contributed by atoms with Crippen molar-refractivity contribution >= 4 is 6.29 Å². The second-order valence-electron chi connectivity index (χ2n) is 4.57. The van der Waals surface area contributed by atoms with Crippen molar-refractivity contribution in [3.05, 3.63) is 11.8 Å². The summed E-state index contributed by atoms with van der Waals surface area (Å²) in [4.78, 5) is 10.4. The van der Waals surface area contributed by atoms with Gasteiger partial charge in [-0.05, 0) is 33.6 Å². The Morgan fingerprint density at radius 2 is 2.12 bits per heavy atom. The van der Waals surface area contributed by atoms with E-state index in [-0.39, 0.29) is 0 Å². The Bertz CT molecular complexity index is 363. The van der Waals surface area contributed by atoms with E-state index in [0.717, 1.165) is 0 Å². The average Bonchev–Trinajstić information content (AvgIpc) is 2.38. The Kier molecular flexibility index (Phi) is 3.41. The van der Waals surface area contributed by atoms with Gasteiger partial charge < -0.3 is 14.6 Å². The predicted molar refractivity (Wildman–Crippen MR) is 58.3 cm³/mol. The zero-order valence-corrected chi connectivity index (χ0v) is 9.90. The summed E-state index contributed by atoms with van der Waals surface area (Å²) >= 11 is 0. The molecule has 0 spiro atoms. The van der Waals surface area contributed by atoms with Crippen LogP contribution in [0.4, 0.5) is 0 Å². The Labute approximate surface area is 95.2 Å². The van der Waals surface area contributed by atoms with Crippen molar-refractivity contribution in [1.82, 2.24) is 0 Å². The summed E-state index contributed by atoms with van der Waals surface area (Å²) in [6.45, 7) is 6.72. The van der Waals surface area contributed by atoms with Gasteiger partial charge in [-0.1, -0.05) is 5.92 Å². The average molecular weight is 224 g/mol. The largest absolute Gasteiger partial charge is 0.455 e. The Morgan fingerprint density at radius 3 is 2.62 bits per heavy atom. The van der Waals surface area contributed by atoms with E-state index in [1.165, 1.54) is 6.08 Å². The maximum Gasteiger partial charge on any atom is 0.265 e. The van der Waals surface area contributed by atoms with Crippen molar-refractivity contribution in [1.29, 1.82) is 0 Å². The van der Waals surface area contributed by atoms with Crippen LogP contribution in [0.2, 0.25) is 0 Å². The lowest BCUT2D eigenvalue weighted by Crippen LogP contribution is -2.22. The van der Waals surface area contributed by atoms with Crippen LogP contribution < -0.4 is 0 Å². The third-order valence-electron chi connectivity index (χ3n) is 1.94. The fourth-order valence-electron chi connectivity index (χ4n) is 1.20. The van der Waals surface area contributed by atoms with Crippen LogP contribution in [0.15, 0.2) is 11.8 Å². The Hall–Kier alpha value is -1.31. The van der Waals surface area contributed by atoms with E-state index in [2.05, 4.69) is 11.8 Å². The van der Waals surface area contributed by atoms with Gasteiger partial charge in [-0.3, -0.25) is 4.79 Å². The summed E-state index contributed by atoms with van der Waals surface area (Å²) in [7, 11) is 0. The molecule has 4 heteroatoms. The minimum absolute atomic E-state index is 0.442. The summed E-state index contributed by atoms with van der Waals surface area (Å²) < 4.78 is 10.8. The minimum atomic E-state index is -1.09. The van der Waals surface area contributed by atoms with Crippen LogP contribution in [-0.4, -0.2) is 28.9 Å². The van der Waals surface area contributed by atoms with E-state index in [1.807, 2.05) is 0 Å². The summed E-state index contributed by atoms with van der Waals surface area (Å²) in [5.41, 5.74) is -1.76. The topological polar surface area (TPSA) is 55.8 Å². The lowest BCUT2D eigenvalue weighted by Gasteiger charge is -2.14. The van der Waals surface area contributed by atoms with Crippen LogP contribution in [-0.2, 0) is 14.3 Å². The molecule has 88 valence electrons. The molecule has 1 saturated heterocycles. The van der Waals surface area contributed by atoms with Gasteiger partial charge in [0, 0.05) is 6.08 Å². The molecule has 1 heterocycles. The van der Waals surface area contributed by atoms with Gasteiger partial charge in [0.05, 0.1) is 0 Å². The minimum Gasteiger partial charge on any atom is -0.455 e. The van der Waals surface area contributed by atoms with Crippen molar-refractivity contribution in [2.24, 2.45) is 0 Å². The molecular formula is C12H16O4. The molecule has 0 aliphatic carbocycles. The van der Waals surface area contributed by atoms with Crippen LogP contribution in [0.5, 0.6) is 0 Å². The molecule has 0 aromatic carbocycles. The van der Waals surface area contributed by atoms with Gasteiger partial charge in [-0.15, -0.1) is 0 Å². The molecule has 0 aromatic rings. The van der Waals surface area contributed by atoms with Crippen molar-refractivity contribution in [2.45, 2.75) is 45.2 Å². The molecule has 0 aromatic heterocycles. The van der Waals surface area contributed by atoms with Crippen LogP contribution in [0.3, 0.4) is 0 Å². The molecule has 0 radical (unpaired) electrons. The van der Waals surface area contributed by atoms with Crippen molar-refractivity contribution in [3.8, 4) is 11.8 Å². The highest BCUT2D eigenvalue weighted by Gasteiger charge is 2.38. The predicted octanol–water partition coefficient (Wildman–Crippen LogP) is 0.995.